The predicted molar refractivity (Wildman–Crippen MR) is 97.3 cm³/mol. The Kier molecular flexibility index (Phi) is 13.1. The van der Waals surface area contributed by atoms with Gasteiger partial charge >= 0.3 is 29.6 Å². The van der Waals surface area contributed by atoms with Gasteiger partial charge in [0.1, 0.15) is 15.9 Å². The number of hydrogen-bond donors (Lipinski definition) is 0. The maximum atomic E-state index is 11.4. The van der Waals surface area contributed by atoms with Crippen LogP contribution in [0.4, 0.5) is 0 Å². The molecule has 0 N–H and O–H groups in total. The van der Waals surface area contributed by atoms with E-state index < -0.39 is 15.6 Å². The average molecular weight is 379 g/mol. The van der Waals surface area contributed by atoms with E-state index in [0.717, 1.165) is 50.5 Å². The number of ether oxygens (including phenoxy) is 1. The van der Waals surface area contributed by atoms with E-state index in [0.29, 0.717) is 5.75 Å². The van der Waals surface area contributed by atoms with E-state index in [1.807, 2.05) is 6.07 Å². The van der Waals surface area contributed by atoms with E-state index in [4.69, 9.17) is 4.74 Å². The molecule has 0 heterocycles. The zero-order valence-corrected chi connectivity index (χ0v) is 19.0. The second-order valence-corrected chi connectivity index (χ2v) is 7.77. The Bertz CT molecular complexity index is 587. The van der Waals surface area contributed by atoms with E-state index in [2.05, 4.69) is 19.9 Å². The Morgan fingerprint density at radius 1 is 1.00 bits per heavy atom. The van der Waals surface area contributed by atoms with Gasteiger partial charge < -0.3 is 9.29 Å². The Balaban J connectivity index is 0.00000576. The minimum absolute atomic E-state index is 0. The van der Waals surface area contributed by atoms with Crippen molar-refractivity contribution in [2.45, 2.75) is 84.0 Å². The first-order chi connectivity index (χ1) is 11.4. The zero-order valence-electron chi connectivity index (χ0n) is 16.2. The number of hydrogen-bond acceptors (Lipinski definition) is 4. The molecule has 25 heavy (non-hydrogen) atoms. The Hall–Kier alpha value is -0.0700. The van der Waals surface area contributed by atoms with Crippen molar-refractivity contribution in [1.82, 2.24) is 0 Å². The summed E-state index contributed by atoms with van der Waals surface area (Å²) in [5.41, 5.74) is 0.979. The zero-order chi connectivity index (χ0) is 18.0. The maximum absolute atomic E-state index is 11.4. The molecule has 6 heteroatoms. The van der Waals surface area contributed by atoms with Crippen molar-refractivity contribution in [3.63, 3.8) is 0 Å². The number of rotatable bonds is 12. The van der Waals surface area contributed by atoms with Gasteiger partial charge in [-0.25, -0.2) is 8.42 Å². The van der Waals surface area contributed by atoms with Crippen LogP contribution in [-0.4, -0.2) is 18.4 Å². The molecular weight excluding hydrogens is 347 g/mol. The molecule has 1 aromatic carbocycles. The quantitative estimate of drug-likeness (QED) is 0.316. The minimum Gasteiger partial charge on any atom is -0.745 e. The molecule has 1 aromatic rings. The van der Waals surface area contributed by atoms with Crippen molar-refractivity contribution >= 4 is 10.1 Å². The third-order valence-electron chi connectivity index (χ3n) is 4.22. The fourth-order valence-corrected chi connectivity index (χ4v) is 3.47. The predicted octanol–water partition coefficient (Wildman–Crippen LogP) is 1.82. The van der Waals surface area contributed by atoms with Crippen molar-refractivity contribution in [1.29, 1.82) is 0 Å². The van der Waals surface area contributed by atoms with Crippen LogP contribution in [0, 0.1) is 0 Å². The summed E-state index contributed by atoms with van der Waals surface area (Å²) < 4.78 is 39.7. The first kappa shape index (κ1) is 24.9. The molecule has 1 unspecified atom stereocenters. The van der Waals surface area contributed by atoms with Crippen LogP contribution in [-0.2, 0) is 23.0 Å². The Labute approximate surface area is 175 Å². The van der Waals surface area contributed by atoms with Crippen LogP contribution < -0.4 is 34.3 Å². The molecule has 0 bridgehead atoms. The van der Waals surface area contributed by atoms with Crippen LogP contribution in [0.15, 0.2) is 18.2 Å². The van der Waals surface area contributed by atoms with E-state index in [-0.39, 0.29) is 36.0 Å². The SMILES string of the molecule is CCCCCc1cccc(OC(CC)S(=O)(=O)[O-])c1CCCCC.[Na+]. The number of aryl methyl sites for hydroxylation is 1. The van der Waals surface area contributed by atoms with Gasteiger partial charge in [-0.2, -0.15) is 0 Å². The van der Waals surface area contributed by atoms with E-state index >= 15 is 0 Å². The van der Waals surface area contributed by atoms with Gasteiger partial charge in [0.2, 0.25) is 0 Å². The van der Waals surface area contributed by atoms with Crippen LogP contribution in [0.1, 0.15) is 76.8 Å². The second kappa shape index (κ2) is 13.2. The summed E-state index contributed by atoms with van der Waals surface area (Å²) in [6.45, 7) is 5.98. The van der Waals surface area contributed by atoms with E-state index in [1.54, 1.807) is 13.0 Å². The third kappa shape index (κ3) is 8.91. The van der Waals surface area contributed by atoms with Gasteiger partial charge in [-0.1, -0.05) is 58.6 Å². The average Bonchev–Trinajstić information content (AvgIpc) is 2.53. The molecular formula is C19H31NaO4S. The second-order valence-electron chi connectivity index (χ2n) is 6.26. The maximum Gasteiger partial charge on any atom is 1.00 e. The van der Waals surface area contributed by atoms with Gasteiger partial charge in [-0.3, -0.25) is 0 Å². The Morgan fingerprint density at radius 2 is 1.60 bits per heavy atom. The van der Waals surface area contributed by atoms with Gasteiger partial charge in [0.25, 0.3) is 0 Å². The smallest absolute Gasteiger partial charge is 0.745 e. The van der Waals surface area contributed by atoms with Crippen LogP contribution in [0.3, 0.4) is 0 Å². The summed E-state index contributed by atoms with van der Waals surface area (Å²) >= 11 is 0. The molecule has 1 atom stereocenters. The van der Waals surface area contributed by atoms with E-state index in [1.165, 1.54) is 12.0 Å². The molecule has 1 rings (SSSR count). The Morgan fingerprint density at radius 3 is 2.12 bits per heavy atom. The largest absolute Gasteiger partial charge is 1.00 e. The molecule has 0 saturated heterocycles. The van der Waals surface area contributed by atoms with Gasteiger partial charge in [-0.05, 0) is 49.3 Å². The van der Waals surface area contributed by atoms with Crippen molar-refractivity contribution < 1.29 is 47.3 Å². The molecule has 0 spiro atoms. The van der Waals surface area contributed by atoms with Gasteiger partial charge in [0.15, 0.2) is 5.44 Å². The molecule has 138 valence electrons. The summed E-state index contributed by atoms with van der Waals surface area (Å²) in [6.07, 6.45) is 8.71. The molecule has 0 aromatic heterocycles. The third-order valence-corrected chi connectivity index (χ3v) is 5.30. The normalized spacial score (nSPS) is 12.5. The van der Waals surface area contributed by atoms with Crippen LogP contribution in [0.5, 0.6) is 5.75 Å². The number of unbranched alkanes of at least 4 members (excludes halogenated alkanes) is 4. The minimum atomic E-state index is -4.46. The van der Waals surface area contributed by atoms with E-state index in [9.17, 15) is 13.0 Å². The van der Waals surface area contributed by atoms with Crippen molar-refractivity contribution in [2.24, 2.45) is 0 Å². The molecule has 0 saturated carbocycles. The summed E-state index contributed by atoms with van der Waals surface area (Å²) in [4.78, 5) is 0. The first-order valence-corrected chi connectivity index (χ1v) is 10.6. The van der Waals surface area contributed by atoms with Gasteiger partial charge in [-0.15, -0.1) is 0 Å². The van der Waals surface area contributed by atoms with Gasteiger partial charge in [0.05, 0.1) is 0 Å². The van der Waals surface area contributed by atoms with Crippen molar-refractivity contribution in [2.75, 3.05) is 0 Å². The van der Waals surface area contributed by atoms with Crippen molar-refractivity contribution in [3.05, 3.63) is 29.3 Å². The summed E-state index contributed by atoms with van der Waals surface area (Å²) in [5.74, 6) is 0.561. The summed E-state index contributed by atoms with van der Waals surface area (Å²) in [7, 11) is -4.46. The molecule has 4 nitrogen and oxygen atoms in total. The fourth-order valence-electron chi connectivity index (χ4n) is 2.84. The molecule has 0 fully saturated rings. The molecule has 0 aliphatic rings. The molecule has 0 aliphatic heterocycles. The monoisotopic (exact) mass is 378 g/mol. The topological polar surface area (TPSA) is 66.4 Å². The van der Waals surface area contributed by atoms with Crippen LogP contribution in [0.25, 0.3) is 0 Å². The van der Waals surface area contributed by atoms with Crippen molar-refractivity contribution in [3.8, 4) is 5.75 Å². The van der Waals surface area contributed by atoms with Crippen LogP contribution >= 0.6 is 0 Å². The molecule has 0 amide bonds. The fraction of sp³-hybridized carbons (Fsp3) is 0.684. The van der Waals surface area contributed by atoms with Crippen LogP contribution in [0.2, 0.25) is 0 Å². The first-order valence-electron chi connectivity index (χ1n) is 9.16. The molecule has 0 aliphatic carbocycles. The number of benzene rings is 1. The standard InChI is InChI=1S/C19H32O4S.Na/c1-4-7-9-12-16-13-11-15-18(17(16)14-10-8-5-2)23-19(6-3)24(20,21)22;/h11,13,15,19H,4-10,12,14H2,1-3H3,(H,20,21,22);/q;+1/p-1. The summed E-state index contributed by atoms with van der Waals surface area (Å²) in [5, 5.41) is 0. The summed E-state index contributed by atoms with van der Waals surface area (Å²) in [6, 6.07) is 5.78. The molecule has 0 radical (unpaired) electrons. The van der Waals surface area contributed by atoms with Gasteiger partial charge in [0, 0.05) is 0 Å².